The molecule has 0 radical (unpaired) electrons. The summed E-state index contributed by atoms with van der Waals surface area (Å²) in [6, 6.07) is 62.0. The Bertz CT molecular complexity index is 3520. The molecule has 0 atom stereocenters. The van der Waals surface area contributed by atoms with Crippen molar-refractivity contribution in [3.63, 3.8) is 0 Å². The van der Waals surface area contributed by atoms with Gasteiger partial charge in [0.1, 0.15) is 11.2 Å². The molecule has 0 saturated carbocycles. The van der Waals surface area contributed by atoms with Crippen molar-refractivity contribution in [2.75, 3.05) is 9.71 Å². The minimum Gasteiger partial charge on any atom is -0.456 e. The van der Waals surface area contributed by atoms with E-state index < -0.39 is 0 Å². The third-order valence-electron chi connectivity index (χ3n) is 17.0. The highest BCUT2D eigenvalue weighted by Gasteiger charge is 2.49. The number of benzene rings is 8. The first kappa shape index (κ1) is 41.4. The topological polar surface area (TPSA) is 19.6 Å². The van der Waals surface area contributed by atoms with Crippen molar-refractivity contribution in [1.82, 2.24) is 0 Å². The van der Waals surface area contributed by atoms with Crippen molar-refractivity contribution in [1.29, 1.82) is 0 Å². The van der Waals surface area contributed by atoms with Gasteiger partial charge in [-0.3, -0.25) is 0 Å². The number of nitrogens with zero attached hydrogens (tertiary/aromatic N) is 2. The van der Waals surface area contributed by atoms with Crippen LogP contribution in [0.1, 0.15) is 103 Å². The van der Waals surface area contributed by atoms with Crippen LogP contribution in [0.25, 0.3) is 55.3 Å². The zero-order chi connectivity index (χ0) is 46.5. The zero-order valence-electron chi connectivity index (χ0n) is 40.8. The predicted octanol–water partition coefficient (Wildman–Crippen LogP) is 16.3. The van der Waals surface area contributed by atoms with Crippen LogP contribution in [0.3, 0.4) is 0 Å². The standard InChI is InChI=1S/C64H59BN2O/c1-61(2)31-32-62(3,4)50-36-45(28-29-49(50)61)67-54-30-25-43(41-19-13-10-14-20-41)35-47(54)48-37-57-58(46-21-15-16-22-56(46)68-57)60-59(48)65(67)53-38-51-52(64(7,8)34-33-63(51,5)6)39-55(53)66(60)44-26-23-42(24-27-44)40-17-11-9-12-18-40/h9-30,35-39H,31-34H2,1-8H3. The smallest absolute Gasteiger partial charge is 0.333 e. The van der Waals surface area contributed by atoms with Gasteiger partial charge in [-0.2, -0.15) is 0 Å². The van der Waals surface area contributed by atoms with Gasteiger partial charge in [0.15, 0.2) is 0 Å². The molecule has 0 bridgehead atoms. The van der Waals surface area contributed by atoms with Gasteiger partial charge in [-0.15, -0.1) is 0 Å². The van der Waals surface area contributed by atoms with Crippen LogP contribution < -0.4 is 20.6 Å². The van der Waals surface area contributed by atoms with Crippen molar-refractivity contribution in [3.8, 4) is 33.4 Å². The molecule has 0 saturated heterocycles. The molecule has 0 amide bonds. The number of rotatable bonds is 4. The Kier molecular flexibility index (Phi) is 8.75. The van der Waals surface area contributed by atoms with Crippen LogP contribution >= 0.6 is 0 Å². The summed E-state index contributed by atoms with van der Waals surface area (Å²) in [6.45, 7) is 19.6. The van der Waals surface area contributed by atoms with E-state index in [2.05, 4.69) is 229 Å². The predicted molar refractivity (Wildman–Crippen MR) is 289 cm³/mol. The average Bonchev–Trinajstić information content (AvgIpc) is 3.73. The molecule has 68 heavy (non-hydrogen) atoms. The number of hydrogen-bond acceptors (Lipinski definition) is 3. The SMILES string of the molecule is CC1(C)CCC(C)(C)c2cc(N3B4c5cc6c(cc5N(c5ccc(-c7ccccc7)cc5)c5c4c(cc4oc7ccccc7c54)-c4cc(-c5ccccc5)ccc43)C(C)(C)CCC6(C)C)ccc21. The third-order valence-corrected chi connectivity index (χ3v) is 17.0. The van der Waals surface area contributed by atoms with Crippen LogP contribution in [-0.4, -0.2) is 6.85 Å². The number of anilines is 5. The molecule has 334 valence electrons. The Morgan fingerprint density at radius 1 is 0.426 bits per heavy atom. The largest absolute Gasteiger partial charge is 0.456 e. The average molecular weight is 883 g/mol. The Morgan fingerprint density at radius 3 is 1.65 bits per heavy atom. The molecule has 13 rings (SSSR count). The van der Waals surface area contributed by atoms with Gasteiger partial charge in [-0.25, -0.2) is 0 Å². The molecule has 1 aromatic heterocycles. The number of fused-ring (bicyclic) bond motifs is 10. The maximum Gasteiger partial charge on any atom is 0.333 e. The molecule has 3 nitrogen and oxygen atoms in total. The normalized spacial score (nSPS) is 17.9. The minimum atomic E-state index is -0.133. The van der Waals surface area contributed by atoms with Gasteiger partial charge in [0.2, 0.25) is 0 Å². The molecule has 2 aliphatic carbocycles. The first-order valence-electron chi connectivity index (χ1n) is 25.0. The fraction of sp³-hybridized carbons (Fsp3) is 0.250. The lowest BCUT2D eigenvalue weighted by Gasteiger charge is -2.49. The monoisotopic (exact) mass is 882 g/mol. The van der Waals surface area contributed by atoms with Crippen molar-refractivity contribution in [3.05, 3.63) is 186 Å². The molecule has 0 N–H and O–H groups in total. The Labute approximate surface area is 402 Å². The van der Waals surface area contributed by atoms with E-state index in [1.54, 1.807) is 0 Å². The van der Waals surface area contributed by atoms with Crippen LogP contribution in [0.15, 0.2) is 168 Å². The second kappa shape index (κ2) is 14.4. The fourth-order valence-corrected chi connectivity index (χ4v) is 12.8. The van der Waals surface area contributed by atoms with Gasteiger partial charge in [0, 0.05) is 33.7 Å². The number of para-hydroxylation sites is 1. The van der Waals surface area contributed by atoms with E-state index in [0.29, 0.717) is 0 Å². The highest BCUT2D eigenvalue weighted by Crippen LogP contribution is 2.55. The van der Waals surface area contributed by atoms with Gasteiger partial charge in [0.25, 0.3) is 0 Å². The summed E-state index contributed by atoms with van der Waals surface area (Å²) in [5.74, 6) is 0. The number of furan rings is 1. The van der Waals surface area contributed by atoms with Gasteiger partial charge >= 0.3 is 6.85 Å². The van der Waals surface area contributed by atoms with Crippen LogP contribution in [0.2, 0.25) is 0 Å². The summed E-state index contributed by atoms with van der Waals surface area (Å²) in [7, 11) is 0. The van der Waals surface area contributed by atoms with E-state index in [-0.39, 0.29) is 28.5 Å². The van der Waals surface area contributed by atoms with Crippen LogP contribution in [0, 0.1) is 0 Å². The first-order chi connectivity index (χ1) is 32.7. The van der Waals surface area contributed by atoms with E-state index in [1.165, 1.54) is 95.7 Å². The summed E-state index contributed by atoms with van der Waals surface area (Å²) < 4.78 is 7.03. The van der Waals surface area contributed by atoms with Crippen LogP contribution in [0.4, 0.5) is 28.4 Å². The number of hydrogen-bond donors (Lipinski definition) is 0. The Hall–Kier alpha value is -6.78. The lowest BCUT2D eigenvalue weighted by Crippen LogP contribution is -2.62. The zero-order valence-corrected chi connectivity index (χ0v) is 40.8. The molecule has 0 spiro atoms. The third kappa shape index (κ3) is 6.05. The molecule has 3 heterocycles. The molecular formula is C64H59BN2O. The van der Waals surface area contributed by atoms with Gasteiger partial charge in [0.05, 0.1) is 11.1 Å². The summed E-state index contributed by atoms with van der Waals surface area (Å²) >= 11 is 0. The molecule has 2 aliphatic heterocycles. The van der Waals surface area contributed by atoms with E-state index in [4.69, 9.17) is 4.42 Å². The summed E-state index contributed by atoms with van der Waals surface area (Å²) in [6.07, 6.45) is 4.63. The van der Waals surface area contributed by atoms with E-state index in [9.17, 15) is 0 Å². The van der Waals surface area contributed by atoms with E-state index in [0.717, 1.165) is 46.9 Å². The van der Waals surface area contributed by atoms with Crippen molar-refractivity contribution >= 4 is 68.1 Å². The Balaban J connectivity index is 1.18. The summed E-state index contributed by atoms with van der Waals surface area (Å²) in [4.78, 5) is 5.37. The highest BCUT2D eigenvalue weighted by atomic mass is 16.3. The highest BCUT2D eigenvalue weighted by molar-refractivity contribution is 6.94. The molecule has 8 aromatic carbocycles. The molecular weight excluding hydrogens is 824 g/mol. The second-order valence-corrected chi connectivity index (χ2v) is 23.0. The quantitative estimate of drug-likeness (QED) is 0.164. The lowest BCUT2D eigenvalue weighted by atomic mass is 9.42. The van der Waals surface area contributed by atoms with Gasteiger partial charge in [-0.1, -0.05) is 165 Å². The molecule has 0 unspecified atom stereocenters. The first-order valence-corrected chi connectivity index (χ1v) is 25.0. The van der Waals surface area contributed by atoms with Crippen molar-refractivity contribution in [2.45, 2.75) is 103 Å². The van der Waals surface area contributed by atoms with Crippen LogP contribution in [0.5, 0.6) is 0 Å². The van der Waals surface area contributed by atoms with E-state index in [1.807, 2.05) is 0 Å². The van der Waals surface area contributed by atoms with Gasteiger partial charge in [-0.05, 0) is 163 Å². The molecule has 9 aromatic rings. The van der Waals surface area contributed by atoms with Crippen molar-refractivity contribution in [2.24, 2.45) is 0 Å². The maximum atomic E-state index is 7.03. The molecule has 4 heteroatoms. The summed E-state index contributed by atoms with van der Waals surface area (Å²) in [5, 5.41) is 2.30. The molecule has 0 fully saturated rings. The van der Waals surface area contributed by atoms with Crippen molar-refractivity contribution < 1.29 is 4.42 Å². The second-order valence-electron chi connectivity index (χ2n) is 23.0. The van der Waals surface area contributed by atoms with E-state index >= 15 is 0 Å². The van der Waals surface area contributed by atoms with Gasteiger partial charge < -0.3 is 14.1 Å². The maximum absolute atomic E-state index is 7.03. The fourth-order valence-electron chi connectivity index (χ4n) is 12.8. The van der Waals surface area contributed by atoms with Crippen LogP contribution in [-0.2, 0) is 21.7 Å². The minimum absolute atomic E-state index is 0.00603. The molecule has 4 aliphatic rings. The lowest BCUT2D eigenvalue weighted by molar-refractivity contribution is 0.332. The Morgan fingerprint density at radius 2 is 0.971 bits per heavy atom. The summed E-state index contributed by atoms with van der Waals surface area (Å²) in [5.41, 5.74) is 23.9.